The fourth-order valence-electron chi connectivity index (χ4n) is 1.84. The third-order valence-electron chi connectivity index (χ3n) is 2.88. The van der Waals surface area contributed by atoms with E-state index in [-0.39, 0.29) is 18.0 Å². The fourth-order valence-corrected chi connectivity index (χ4v) is 2.49. The molecule has 0 aromatic carbocycles. The van der Waals surface area contributed by atoms with E-state index in [1.807, 2.05) is 12.3 Å². The Bertz CT molecular complexity index is 339. The minimum Gasteiger partial charge on any atom is -0.481 e. The Morgan fingerprint density at radius 2 is 2.53 bits per heavy atom. The van der Waals surface area contributed by atoms with Crippen molar-refractivity contribution in [2.75, 3.05) is 0 Å². The van der Waals surface area contributed by atoms with Crippen LogP contribution in [0.5, 0.6) is 0 Å². The second-order valence-corrected chi connectivity index (χ2v) is 4.81. The molecular formula is C10H14N2O2S. The van der Waals surface area contributed by atoms with E-state index < -0.39 is 5.97 Å². The smallest absolute Gasteiger partial charge is 0.308 e. The van der Waals surface area contributed by atoms with Crippen molar-refractivity contribution in [3.05, 3.63) is 16.6 Å². The van der Waals surface area contributed by atoms with E-state index in [9.17, 15) is 4.79 Å². The minimum absolute atomic E-state index is 0.112. The van der Waals surface area contributed by atoms with Crippen molar-refractivity contribution in [2.24, 2.45) is 5.92 Å². The molecule has 2 N–H and O–H groups in total. The third kappa shape index (κ3) is 2.18. The maximum Gasteiger partial charge on any atom is 0.308 e. The van der Waals surface area contributed by atoms with Crippen LogP contribution in [-0.4, -0.2) is 22.1 Å². The highest BCUT2D eigenvalue weighted by Crippen LogP contribution is 2.30. The van der Waals surface area contributed by atoms with E-state index in [1.165, 1.54) is 0 Å². The van der Waals surface area contributed by atoms with Crippen LogP contribution in [0.4, 0.5) is 0 Å². The third-order valence-corrected chi connectivity index (χ3v) is 3.84. The molecule has 4 nitrogen and oxygen atoms in total. The van der Waals surface area contributed by atoms with Gasteiger partial charge in [0.15, 0.2) is 0 Å². The number of aliphatic carboxylic acids is 1. The topological polar surface area (TPSA) is 62.2 Å². The average Bonchev–Trinajstić information content (AvgIpc) is 2.63. The highest BCUT2D eigenvalue weighted by atomic mass is 32.1. The van der Waals surface area contributed by atoms with Gasteiger partial charge in [0.05, 0.1) is 12.0 Å². The van der Waals surface area contributed by atoms with E-state index in [2.05, 4.69) is 10.3 Å². The summed E-state index contributed by atoms with van der Waals surface area (Å²) >= 11 is 1.60. The normalized spacial score (nSPS) is 27.0. The lowest BCUT2D eigenvalue weighted by molar-refractivity contribution is -0.146. The first-order valence-corrected chi connectivity index (χ1v) is 5.94. The van der Waals surface area contributed by atoms with Gasteiger partial charge in [0.25, 0.3) is 0 Å². The summed E-state index contributed by atoms with van der Waals surface area (Å²) < 4.78 is 0. The predicted molar refractivity (Wildman–Crippen MR) is 57.8 cm³/mol. The van der Waals surface area contributed by atoms with Gasteiger partial charge in [0, 0.05) is 17.6 Å². The lowest BCUT2D eigenvalue weighted by Gasteiger charge is -2.35. The van der Waals surface area contributed by atoms with Crippen LogP contribution in [0.3, 0.4) is 0 Å². The van der Waals surface area contributed by atoms with Crippen LogP contribution in [0, 0.1) is 5.92 Å². The molecule has 3 atom stereocenters. The lowest BCUT2D eigenvalue weighted by Crippen LogP contribution is -2.48. The van der Waals surface area contributed by atoms with Crippen LogP contribution in [0.1, 0.15) is 30.8 Å². The standard InChI is InChI=1S/C10H14N2O2S/c1-6(9-11-4-5-15-9)12-8-3-2-7(8)10(13)14/h4-8,12H,2-3H2,1H3,(H,13,14). The second-order valence-electron chi connectivity index (χ2n) is 3.89. The molecule has 1 heterocycles. The van der Waals surface area contributed by atoms with E-state index in [0.717, 1.165) is 17.8 Å². The first-order chi connectivity index (χ1) is 7.18. The highest BCUT2D eigenvalue weighted by molar-refractivity contribution is 7.09. The molecule has 5 heteroatoms. The number of carbonyl (C=O) groups is 1. The summed E-state index contributed by atoms with van der Waals surface area (Å²) in [7, 11) is 0. The van der Waals surface area contributed by atoms with Crippen molar-refractivity contribution >= 4 is 17.3 Å². The lowest BCUT2D eigenvalue weighted by atomic mass is 9.79. The fraction of sp³-hybridized carbons (Fsp3) is 0.600. The quantitative estimate of drug-likeness (QED) is 0.819. The van der Waals surface area contributed by atoms with Crippen molar-refractivity contribution in [2.45, 2.75) is 31.8 Å². The van der Waals surface area contributed by atoms with Crippen LogP contribution in [-0.2, 0) is 4.79 Å². The highest BCUT2D eigenvalue weighted by Gasteiger charge is 2.37. The average molecular weight is 226 g/mol. The van der Waals surface area contributed by atoms with Gasteiger partial charge < -0.3 is 10.4 Å². The number of aromatic nitrogens is 1. The summed E-state index contributed by atoms with van der Waals surface area (Å²) in [5, 5.41) is 15.2. The molecule has 0 spiro atoms. The molecule has 2 rings (SSSR count). The molecule has 1 aromatic heterocycles. The maximum absolute atomic E-state index is 10.8. The van der Waals surface area contributed by atoms with Gasteiger partial charge in [-0.2, -0.15) is 0 Å². The van der Waals surface area contributed by atoms with Gasteiger partial charge in [0.2, 0.25) is 0 Å². The Hall–Kier alpha value is -0.940. The van der Waals surface area contributed by atoms with Crippen LogP contribution in [0.25, 0.3) is 0 Å². The molecule has 3 unspecified atom stereocenters. The van der Waals surface area contributed by atoms with Crippen molar-refractivity contribution in [3.63, 3.8) is 0 Å². The van der Waals surface area contributed by atoms with E-state index in [1.54, 1.807) is 17.5 Å². The zero-order valence-corrected chi connectivity index (χ0v) is 9.33. The molecule has 0 aliphatic heterocycles. The Balaban J connectivity index is 1.90. The zero-order valence-electron chi connectivity index (χ0n) is 8.51. The maximum atomic E-state index is 10.8. The van der Waals surface area contributed by atoms with E-state index >= 15 is 0 Å². The van der Waals surface area contributed by atoms with Gasteiger partial charge in [-0.25, -0.2) is 4.98 Å². The van der Waals surface area contributed by atoms with Crippen molar-refractivity contribution < 1.29 is 9.90 Å². The van der Waals surface area contributed by atoms with Crippen LogP contribution in [0.2, 0.25) is 0 Å². The molecule has 0 radical (unpaired) electrons. The number of hydrogen-bond acceptors (Lipinski definition) is 4. The van der Waals surface area contributed by atoms with Crippen LogP contribution >= 0.6 is 11.3 Å². The number of nitrogens with one attached hydrogen (secondary N) is 1. The molecule has 0 amide bonds. The first-order valence-electron chi connectivity index (χ1n) is 5.06. The monoisotopic (exact) mass is 226 g/mol. The summed E-state index contributed by atoms with van der Waals surface area (Å²) in [5.74, 6) is -0.905. The summed E-state index contributed by atoms with van der Waals surface area (Å²) in [6.45, 7) is 2.02. The molecule has 82 valence electrons. The van der Waals surface area contributed by atoms with Crippen molar-refractivity contribution in [1.82, 2.24) is 10.3 Å². The Morgan fingerprint density at radius 3 is 3.00 bits per heavy atom. The van der Waals surface area contributed by atoms with Gasteiger partial charge in [-0.1, -0.05) is 0 Å². The number of rotatable bonds is 4. The Kier molecular flexibility index (Phi) is 3.02. The molecular weight excluding hydrogens is 212 g/mol. The second kappa shape index (κ2) is 4.28. The molecule has 15 heavy (non-hydrogen) atoms. The largest absolute Gasteiger partial charge is 0.481 e. The molecule has 0 bridgehead atoms. The number of hydrogen-bond donors (Lipinski definition) is 2. The van der Waals surface area contributed by atoms with Gasteiger partial charge in [-0.15, -0.1) is 11.3 Å². The number of thiazole rings is 1. The van der Waals surface area contributed by atoms with Gasteiger partial charge in [-0.05, 0) is 19.8 Å². The van der Waals surface area contributed by atoms with Crippen LogP contribution in [0.15, 0.2) is 11.6 Å². The number of carboxylic acid groups (broad SMARTS) is 1. The first kappa shape index (κ1) is 10.6. The van der Waals surface area contributed by atoms with Gasteiger partial charge in [-0.3, -0.25) is 4.79 Å². The molecule has 1 aromatic rings. The molecule has 1 fully saturated rings. The van der Waals surface area contributed by atoms with Crippen molar-refractivity contribution in [1.29, 1.82) is 0 Å². The minimum atomic E-state index is -0.690. The molecule has 1 aliphatic carbocycles. The van der Waals surface area contributed by atoms with E-state index in [0.29, 0.717) is 0 Å². The molecule has 0 saturated heterocycles. The van der Waals surface area contributed by atoms with Gasteiger partial charge >= 0.3 is 5.97 Å². The van der Waals surface area contributed by atoms with Gasteiger partial charge in [0.1, 0.15) is 5.01 Å². The molecule has 1 saturated carbocycles. The number of carboxylic acids is 1. The van der Waals surface area contributed by atoms with Crippen molar-refractivity contribution in [3.8, 4) is 0 Å². The zero-order chi connectivity index (χ0) is 10.8. The summed E-state index contributed by atoms with van der Waals surface area (Å²) in [6, 6.07) is 0.263. The van der Waals surface area contributed by atoms with Crippen LogP contribution < -0.4 is 5.32 Å². The summed E-state index contributed by atoms with van der Waals surface area (Å²) in [5.41, 5.74) is 0. The van der Waals surface area contributed by atoms with E-state index in [4.69, 9.17) is 5.11 Å². The SMILES string of the molecule is CC(NC1CCC1C(=O)O)c1nccs1. The Morgan fingerprint density at radius 1 is 1.73 bits per heavy atom. The number of nitrogens with zero attached hydrogens (tertiary/aromatic N) is 1. The summed E-state index contributed by atoms with van der Waals surface area (Å²) in [4.78, 5) is 15.0. The molecule has 1 aliphatic rings. The predicted octanol–water partition coefficient (Wildman–Crippen LogP) is 1.66. The summed E-state index contributed by atoms with van der Waals surface area (Å²) in [6.07, 6.45) is 3.51. The Labute approximate surface area is 92.3 Å².